The Morgan fingerprint density at radius 1 is 1.55 bits per heavy atom. The van der Waals surface area contributed by atoms with Gasteiger partial charge in [-0.1, -0.05) is 6.92 Å². The van der Waals surface area contributed by atoms with Crippen LogP contribution in [-0.2, 0) is 11.2 Å². The van der Waals surface area contributed by atoms with E-state index in [1.807, 2.05) is 26.8 Å². The first-order chi connectivity index (χ1) is 9.47. The summed E-state index contributed by atoms with van der Waals surface area (Å²) >= 11 is 0. The van der Waals surface area contributed by atoms with Gasteiger partial charge in [-0.3, -0.25) is 4.79 Å². The van der Waals surface area contributed by atoms with Gasteiger partial charge in [0.1, 0.15) is 11.9 Å². The van der Waals surface area contributed by atoms with E-state index in [1.165, 1.54) is 0 Å². The Labute approximate surface area is 116 Å². The first kappa shape index (κ1) is 14.3. The molecular formula is C13H19N5O2. The smallest absolute Gasteiger partial charge is 0.242 e. The summed E-state index contributed by atoms with van der Waals surface area (Å²) < 4.78 is 1.63. The van der Waals surface area contributed by atoms with Crippen LogP contribution in [0.15, 0.2) is 6.07 Å². The van der Waals surface area contributed by atoms with Crippen molar-refractivity contribution in [2.24, 2.45) is 5.73 Å². The van der Waals surface area contributed by atoms with Crippen molar-refractivity contribution in [3.05, 3.63) is 23.0 Å². The van der Waals surface area contributed by atoms with Crippen LogP contribution in [0.3, 0.4) is 0 Å². The second kappa shape index (κ2) is 5.46. The van der Waals surface area contributed by atoms with Crippen molar-refractivity contribution in [3.8, 4) is 0 Å². The average molecular weight is 277 g/mol. The molecule has 0 saturated carbocycles. The number of carbonyl (C=O) groups is 1. The Bertz CT molecular complexity index is 650. The molecule has 0 spiro atoms. The molecule has 1 amide bonds. The average Bonchev–Trinajstić information content (AvgIpc) is 2.71. The predicted octanol–water partition coefficient (Wildman–Crippen LogP) is 0.167. The van der Waals surface area contributed by atoms with Gasteiger partial charge in [-0.05, 0) is 20.3 Å². The Hall–Kier alpha value is -2.15. The molecule has 20 heavy (non-hydrogen) atoms. The molecule has 0 aliphatic rings. The Kier molecular flexibility index (Phi) is 3.89. The maximum atomic E-state index is 11.3. The summed E-state index contributed by atoms with van der Waals surface area (Å²) in [6, 6.07) is 0.958. The molecule has 2 rings (SSSR count). The van der Waals surface area contributed by atoms with Crippen molar-refractivity contribution in [3.63, 3.8) is 0 Å². The number of carbonyl (C=O) groups excluding carboxylic acids is 1. The van der Waals surface area contributed by atoms with Crippen molar-refractivity contribution < 1.29 is 9.90 Å². The Morgan fingerprint density at radius 3 is 2.80 bits per heavy atom. The van der Waals surface area contributed by atoms with Crippen LogP contribution in [0.2, 0.25) is 0 Å². The number of nitrogens with zero attached hydrogens (tertiary/aromatic N) is 3. The van der Waals surface area contributed by atoms with E-state index in [1.54, 1.807) is 4.52 Å². The number of amides is 1. The second-order valence-corrected chi connectivity index (χ2v) is 4.71. The van der Waals surface area contributed by atoms with Gasteiger partial charge >= 0.3 is 0 Å². The van der Waals surface area contributed by atoms with Gasteiger partial charge < -0.3 is 16.2 Å². The summed E-state index contributed by atoms with van der Waals surface area (Å²) in [6.07, 6.45) is 0.759. The van der Waals surface area contributed by atoms with Gasteiger partial charge in [0.15, 0.2) is 5.65 Å². The molecule has 0 aliphatic heterocycles. The molecule has 0 aromatic carbocycles. The first-order valence-electron chi connectivity index (χ1n) is 6.50. The molecule has 0 radical (unpaired) electrons. The number of nitrogens with one attached hydrogen (secondary N) is 1. The molecule has 7 heteroatoms. The highest BCUT2D eigenvalue weighted by molar-refractivity contribution is 5.83. The van der Waals surface area contributed by atoms with Crippen LogP contribution < -0.4 is 11.1 Å². The van der Waals surface area contributed by atoms with Gasteiger partial charge in [0.25, 0.3) is 0 Å². The molecule has 2 heterocycles. The van der Waals surface area contributed by atoms with Crippen LogP contribution in [0.4, 0.5) is 5.82 Å². The zero-order valence-electron chi connectivity index (χ0n) is 11.8. The quantitative estimate of drug-likeness (QED) is 0.722. The fourth-order valence-electron chi connectivity index (χ4n) is 1.95. The third kappa shape index (κ3) is 2.44. The maximum absolute atomic E-state index is 11.3. The number of nitrogens with two attached hydrogens (primary N) is 1. The lowest BCUT2D eigenvalue weighted by Crippen LogP contribution is -2.39. The number of aliphatic hydroxyl groups excluding tert-OH is 1. The number of hydrogen-bond donors (Lipinski definition) is 3. The standard InChI is InChI=1S/C13H19N5O2/c1-4-9-5-11(16-10(6-19)12(14)20)18-13(15-9)7(2)8(3)17-18/h5,10,16,19H,4,6H2,1-3H3,(H2,14,20)/t10-/m0/s1. The number of aromatic nitrogens is 3. The predicted molar refractivity (Wildman–Crippen MR) is 75.5 cm³/mol. The first-order valence-corrected chi connectivity index (χ1v) is 6.50. The van der Waals surface area contributed by atoms with Crippen molar-refractivity contribution >= 4 is 17.4 Å². The van der Waals surface area contributed by atoms with Crippen LogP contribution in [0.5, 0.6) is 0 Å². The third-order valence-electron chi connectivity index (χ3n) is 3.32. The molecule has 1 atom stereocenters. The molecule has 0 fully saturated rings. The summed E-state index contributed by atoms with van der Waals surface area (Å²) in [5.41, 5.74) is 8.72. The summed E-state index contributed by atoms with van der Waals surface area (Å²) in [5, 5.41) is 16.5. The molecule has 0 aliphatic carbocycles. The topological polar surface area (TPSA) is 106 Å². The van der Waals surface area contributed by atoms with Crippen LogP contribution in [0.25, 0.3) is 5.65 Å². The fraction of sp³-hybridized carbons (Fsp3) is 0.462. The van der Waals surface area contributed by atoms with Gasteiger partial charge in [0.2, 0.25) is 5.91 Å². The zero-order valence-corrected chi connectivity index (χ0v) is 11.8. The van der Waals surface area contributed by atoms with Crippen LogP contribution in [0, 0.1) is 13.8 Å². The van der Waals surface area contributed by atoms with E-state index >= 15 is 0 Å². The van der Waals surface area contributed by atoms with E-state index < -0.39 is 11.9 Å². The highest BCUT2D eigenvalue weighted by Crippen LogP contribution is 2.19. The van der Waals surface area contributed by atoms with Crippen LogP contribution >= 0.6 is 0 Å². The van der Waals surface area contributed by atoms with Gasteiger partial charge in [-0.2, -0.15) is 9.61 Å². The lowest BCUT2D eigenvalue weighted by Gasteiger charge is -2.15. The third-order valence-corrected chi connectivity index (χ3v) is 3.32. The largest absolute Gasteiger partial charge is 0.394 e. The molecule has 7 nitrogen and oxygen atoms in total. The van der Waals surface area contributed by atoms with Gasteiger partial charge in [-0.15, -0.1) is 0 Å². The summed E-state index contributed by atoms with van der Waals surface area (Å²) in [5.74, 6) is -0.0167. The van der Waals surface area contributed by atoms with E-state index in [0.717, 1.165) is 29.0 Å². The molecule has 0 bridgehead atoms. The highest BCUT2D eigenvalue weighted by atomic mass is 16.3. The van der Waals surface area contributed by atoms with Gasteiger partial charge in [0, 0.05) is 17.3 Å². The Balaban J connectivity index is 2.56. The monoisotopic (exact) mass is 277 g/mol. The van der Waals surface area contributed by atoms with Crippen LogP contribution in [0.1, 0.15) is 23.9 Å². The minimum atomic E-state index is -0.852. The fourth-order valence-corrected chi connectivity index (χ4v) is 1.95. The molecule has 2 aromatic rings. The van der Waals surface area contributed by atoms with E-state index in [9.17, 15) is 9.90 Å². The summed E-state index contributed by atoms with van der Waals surface area (Å²) in [6.45, 7) is 5.47. The summed E-state index contributed by atoms with van der Waals surface area (Å²) in [7, 11) is 0. The van der Waals surface area contributed by atoms with E-state index in [2.05, 4.69) is 15.4 Å². The van der Waals surface area contributed by atoms with E-state index in [-0.39, 0.29) is 6.61 Å². The lowest BCUT2D eigenvalue weighted by atomic mass is 10.2. The normalized spacial score (nSPS) is 12.6. The lowest BCUT2D eigenvalue weighted by molar-refractivity contribution is -0.119. The number of fused-ring (bicyclic) bond motifs is 1. The number of hydrogen-bond acceptors (Lipinski definition) is 5. The minimum absolute atomic E-state index is 0.375. The zero-order chi connectivity index (χ0) is 14.9. The summed E-state index contributed by atoms with van der Waals surface area (Å²) in [4.78, 5) is 15.8. The molecule has 2 aromatic heterocycles. The molecule has 4 N–H and O–H groups in total. The highest BCUT2D eigenvalue weighted by Gasteiger charge is 2.18. The number of rotatable bonds is 5. The van der Waals surface area contributed by atoms with Gasteiger partial charge in [0.05, 0.1) is 12.3 Å². The number of primary amides is 1. The maximum Gasteiger partial charge on any atom is 0.242 e. The number of aliphatic hydroxyl groups is 1. The number of anilines is 1. The molecule has 108 valence electrons. The number of aryl methyl sites for hydroxylation is 3. The van der Waals surface area contributed by atoms with Crippen molar-refractivity contribution in [1.29, 1.82) is 0 Å². The van der Waals surface area contributed by atoms with Crippen molar-refractivity contribution in [1.82, 2.24) is 14.6 Å². The van der Waals surface area contributed by atoms with Crippen molar-refractivity contribution in [2.75, 3.05) is 11.9 Å². The SMILES string of the molecule is CCc1cc(N[C@@H](CO)C(N)=O)n2nc(C)c(C)c2n1. The second-order valence-electron chi connectivity index (χ2n) is 4.71. The van der Waals surface area contributed by atoms with E-state index in [0.29, 0.717) is 5.82 Å². The Morgan fingerprint density at radius 2 is 2.25 bits per heavy atom. The van der Waals surface area contributed by atoms with Gasteiger partial charge in [-0.25, -0.2) is 4.98 Å². The molecular weight excluding hydrogens is 258 g/mol. The van der Waals surface area contributed by atoms with Crippen molar-refractivity contribution in [2.45, 2.75) is 33.2 Å². The minimum Gasteiger partial charge on any atom is -0.394 e. The van der Waals surface area contributed by atoms with E-state index in [4.69, 9.17) is 5.73 Å². The van der Waals surface area contributed by atoms with Crippen LogP contribution in [-0.4, -0.2) is 38.3 Å². The molecule has 0 saturated heterocycles. The molecule has 0 unspecified atom stereocenters.